The summed E-state index contributed by atoms with van der Waals surface area (Å²) in [5.74, 6) is 2.36. The van der Waals surface area contributed by atoms with E-state index in [-0.39, 0.29) is 5.17 Å². The lowest BCUT2D eigenvalue weighted by Crippen LogP contribution is -2.06. The van der Waals surface area contributed by atoms with Crippen molar-refractivity contribution in [1.29, 1.82) is 5.41 Å². The van der Waals surface area contributed by atoms with Crippen LogP contribution in [0.25, 0.3) is 0 Å². The molecule has 5 heteroatoms. The first-order valence-electron chi connectivity index (χ1n) is 4.85. The summed E-state index contributed by atoms with van der Waals surface area (Å²) in [5.41, 5.74) is 6.30. The van der Waals surface area contributed by atoms with Crippen molar-refractivity contribution in [3.05, 3.63) is 23.8 Å². The van der Waals surface area contributed by atoms with Crippen LogP contribution in [-0.4, -0.2) is 25.1 Å². The molecule has 1 aromatic rings. The van der Waals surface area contributed by atoms with Gasteiger partial charge in [-0.15, -0.1) is 0 Å². The number of thioether (sulfide) groups is 1. The van der Waals surface area contributed by atoms with Gasteiger partial charge in [-0.1, -0.05) is 17.8 Å². The first-order valence-corrected chi connectivity index (χ1v) is 5.84. The minimum atomic E-state index is 0.133. The minimum Gasteiger partial charge on any atom is -0.496 e. The Morgan fingerprint density at radius 1 is 1.31 bits per heavy atom. The van der Waals surface area contributed by atoms with Gasteiger partial charge in [-0.25, -0.2) is 0 Å². The molecule has 0 aromatic heterocycles. The van der Waals surface area contributed by atoms with E-state index in [4.69, 9.17) is 20.6 Å². The second kappa shape index (κ2) is 6.27. The molecule has 1 rings (SSSR count). The maximum atomic E-state index is 7.14. The fourth-order valence-electron chi connectivity index (χ4n) is 1.44. The third-order valence-corrected chi connectivity index (χ3v) is 2.86. The highest BCUT2D eigenvalue weighted by molar-refractivity contribution is 8.13. The van der Waals surface area contributed by atoms with Crippen LogP contribution >= 0.6 is 11.8 Å². The molecule has 0 aliphatic carbocycles. The van der Waals surface area contributed by atoms with Gasteiger partial charge in [-0.2, -0.15) is 0 Å². The number of benzene rings is 1. The third kappa shape index (κ3) is 3.34. The molecular formula is C11H16N2O2S. The molecule has 3 N–H and O–H groups in total. The van der Waals surface area contributed by atoms with Crippen molar-refractivity contribution in [3.63, 3.8) is 0 Å². The molecule has 0 saturated carbocycles. The van der Waals surface area contributed by atoms with E-state index in [0.29, 0.717) is 0 Å². The van der Waals surface area contributed by atoms with Gasteiger partial charge in [0.2, 0.25) is 0 Å². The second-order valence-corrected chi connectivity index (χ2v) is 4.24. The van der Waals surface area contributed by atoms with Gasteiger partial charge in [0.1, 0.15) is 11.5 Å². The van der Waals surface area contributed by atoms with Crippen molar-refractivity contribution < 1.29 is 9.47 Å². The SMILES string of the molecule is COc1cccc(OC)c1CCSC(=N)N. The number of nitrogens with two attached hydrogens (primary N) is 1. The van der Waals surface area contributed by atoms with E-state index in [1.165, 1.54) is 11.8 Å². The predicted molar refractivity (Wildman–Crippen MR) is 67.6 cm³/mol. The molecule has 88 valence electrons. The molecule has 16 heavy (non-hydrogen) atoms. The van der Waals surface area contributed by atoms with E-state index in [1.807, 2.05) is 18.2 Å². The smallest absolute Gasteiger partial charge is 0.151 e. The molecule has 0 unspecified atom stereocenters. The molecule has 0 bridgehead atoms. The van der Waals surface area contributed by atoms with E-state index in [2.05, 4.69) is 0 Å². The van der Waals surface area contributed by atoms with Crippen LogP contribution in [0.1, 0.15) is 5.56 Å². The van der Waals surface area contributed by atoms with Gasteiger partial charge in [0.05, 0.1) is 14.2 Å². The average molecular weight is 240 g/mol. The Labute approximate surface area is 99.6 Å². The number of hydrogen-bond donors (Lipinski definition) is 2. The van der Waals surface area contributed by atoms with E-state index >= 15 is 0 Å². The minimum absolute atomic E-state index is 0.133. The van der Waals surface area contributed by atoms with Gasteiger partial charge in [-0.05, 0) is 18.6 Å². The Morgan fingerprint density at radius 3 is 2.31 bits per heavy atom. The molecule has 1 aromatic carbocycles. The van der Waals surface area contributed by atoms with Gasteiger partial charge >= 0.3 is 0 Å². The first kappa shape index (κ1) is 12.7. The first-order chi connectivity index (χ1) is 7.69. The molecule has 0 atom stereocenters. The van der Waals surface area contributed by atoms with Crippen LogP contribution in [0.2, 0.25) is 0 Å². The number of amidine groups is 1. The van der Waals surface area contributed by atoms with Crippen LogP contribution in [0.3, 0.4) is 0 Å². The van der Waals surface area contributed by atoms with Gasteiger partial charge in [0.25, 0.3) is 0 Å². The van der Waals surface area contributed by atoms with Crippen LogP contribution in [-0.2, 0) is 6.42 Å². The quantitative estimate of drug-likeness (QED) is 0.609. The Bertz CT molecular complexity index is 347. The molecule has 0 saturated heterocycles. The molecular weight excluding hydrogens is 224 g/mol. The second-order valence-electron chi connectivity index (χ2n) is 3.10. The monoisotopic (exact) mass is 240 g/mol. The van der Waals surface area contributed by atoms with Crippen LogP contribution in [0.4, 0.5) is 0 Å². The predicted octanol–water partition coefficient (Wildman–Crippen LogP) is 1.87. The lowest BCUT2D eigenvalue weighted by Gasteiger charge is -2.12. The van der Waals surface area contributed by atoms with E-state index in [9.17, 15) is 0 Å². The van der Waals surface area contributed by atoms with Crippen molar-refractivity contribution in [2.24, 2.45) is 5.73 Å². The zero-order valence-electron chi connectivity index (χ0n) is 9.45. The van der Waals surface area contributed by atoms with Gasteiger partial charge in [-0.3, -0.25) is 5.41 Å². The molecule has 0 amide bonds. The van der Waals surface area contributed by atoms with Crippen molar-refractivity contribution in [2.45, 2.75) is 6.42 Å². The van der Waals surface area contributed by atoms with Crippen LogP contribution < -0.4 is 15.2 Å². The Morgan fingerprint density at radius 2 is 1.88 bits per heavy atom. The molecule has 4 nitrogen and oxygen atoms in total. The highest BCUT2D eigenvalue weighted by atomic mass is 32.2. The number of methoxy groups -OCH3 is 2. The topological polar surface area (TPSA) is 68.3 Å². The van der Waals surface area contributed by atoms with Crippen LogP contribution in [0, 0.1) is 5.41 Å². The number of nitrogens with one attached hydrogen (secondary N) is 1. The maximum absolute atomic E-state index is 7.14. The van der Waals surface area contributed by atoms with E-state index in [0.717, 1.165) is 29.2 Å². The van der Waals surface area contributed by atoms with Crippen LogP contribution in [0.5, 0.6) is 11.5 Å². The number of rotatable bonds is 5. The Balaban J connectivity index is 2.78. The molecule has 0 fully saturated rings. The third-order valence-electron chi connectivity index (χ3n) is 2.14. The van der Waals surface area contributed by atoms with Gasteiger partial charge in [0, 0.05) is 11.3 Å². The zero-order chi connectivity index (χ0) is 12.0. The fourth-order valence-corrected chi connectivity index (χ4v) is 1.96. The molecule has 0 radical (unpaired) electrons. The normalized spacial score (nSPS) is 9.88. The summed E-state index contributed by atoms with van der Waals surface area (Å²) in [4.78, 5) is 0. The number of ether oxygens (including phenoxy) is 2. The van der Waals surface area contributed by atoms with E-state index in [1.54, 1.807) is 14.2 Å². The van der Waals surface area contributed by atoms with Crippen LogP contribution in [0.15, 0.2) is 18.2 Å². The summed E-state index contributed by atoms with van der Waals surface area (Å²) in [6, 6.07) is 5.69. The summed E-state index contributed by atoms with van der Waals surface area (Å²) in [6.45, 7) is 0. The Kier molecular flexibility index (Phi) is 4.98. The molecule has 0 aliphatic rings. The fraction of sp³-hybridized carbons (Fsp3) is 0.364. The Hall–Kier alpha value is -1.36. The van der Waals surface area contributed by atoms with Gasteiger partial charge < -0.3 is 15.2 Å². The highest BCUT2D eigenvalue weighted by Crippen LogP contribution is 2.29. The van der Waals surface area contributed by atoms with Crippen molar-refractivity contribution in [1.82, 2.24) is 0 Å². The molecule has 0 aliphatic heterocycles. The standard InChI is InChI=1S/C11H16N2O2S/c1-14-9-4-3-5-10(15-2)8(9)6-7-16-11(12)13/h3-5H,6-7H2,1-2H3,(H3,12,13). The van der Waals surface area contributed by atoms with Crippen molar-refractivity contribution >= 4 is 16.9 Å². The molecule has 0 spiro atoms. The van der Waals surface area contributed by atoms with Gasteiger partial charge in [0.15, 0.2) is 5.17 Å². The maximum Gasteiger partial charge on any atom is 0.151 e. The summed E-state index contributed by atoms with van der Waals surface area (Å²) in [6.07, 6.45) is 0.761. The lowest BCUT2D eigenvalue weighted by atomic mass is 10.1. The van der Waals surface area contributed by atoms with E-state index < -0.39 is 0 Å². The van der Waals surface area contributed by atoms with Crippen molar-refractivity contribution in [3.8, 4) is 11.5 Å². The average Bonchev–Trinajstić information content (AvgIpc) is 2.28. The largest absolute Gasteiger partial charge is 0.496 e. The lowest BCUT2D eigenvalue weighted by molar-refractivity contribution is 0.386. The summed E-state index contributed by atoms with van der Waals surface area (Å²) >= 11 is 1.31. The highest BCUT2D eigenvalue weighted by Gasteiger charge is 2.09. The molecule has 0 heterocycles. The zero-order valence-corrected chi connectivity index (χ0v) is 10.3. The summed E-state index contributed by atoms with van der Waals surface area (Å²) < 4.78 is 10.5. The summed E-state index contributed by atoms with van der Waals surface area (Å²) in [7, 11) is 3.27. The number of hydrogen-bond acceptors (Lipinski definition) is 4. The van der Waals surface area contributed by atoms with Crippen molar-refractivity contribution in [2.75, 3.05) is 20.0 Å². The summed E-state index contributed by atoms with van der Waals surface area (Å²) in [5, 5.41) is 7.27.